The Kier molecular flexibility index (Phi) is 2.74. The summed E-state index contributed by atoms with van der Waals surface area (Å²) >= 11 is 1.27. The van der Waals surface area contributed by atoms with Crippen LogP contribution >= 0.6 is 11.3 Å². The lowest BCUT2D eigenvalue weighted by Crippen LogP contribution is -2.12. The molecule has 2 heterocycles. The van der Waals surface area contributed by atoms with Crippen molar-refractivity contribution in [2.24, 2.45) is 0 Å². The number of thiazole rings is 1. The highest BCUT2D eigenvalue weighted by Gasteiger charge is 2.12. The second kappa shape index (κ2) is 4.55. The van der Waals surface area contributed by atoms with E-state index in [2.05, 4.69) is 26.4 Å². The zero-order valence-corrected chi connectivity index (χ0v) is 10.5. The van der Waals surface area contributed by atoms with Crippen molar-refractivity contribution in [3.8, 4) is 12.3 Å². The van der Waals surface area contributed by atoms with E-state index in [1.54, 1.807) is 11.6 Å². The van der Waals surface area contributed by atoms with Crippen LogP contribution in [-0.4, -0.2) is 21.1 Å². The van der Waals surface area contributed by atoms with Gasteiger partial charge >= 0.3 is 0 Å². The monoisotopic (exact) mass is 268 g/mol. The number of terminal acetylenes is 1. The van der Waals surface area contributed by atoms with Crippen molar-refractivity contribution in [2.75, 3.05) is 5.32 Å². The molecule has 1 amide bonds. The number of fused-ring (bicyclic) bond motifs is 1. The van der Waals surface area contributed by atoms with Crippen molar-refractivity contribution in [2.45, 2.75) is 0 Å². The van der Waals surface area contributed by atoms with Crippen molar-refractivity contribution in [1.82, 2.24) is 15.2 Å². The molecule has 2 aromatic heterocycles. The maximum atomic E-state index is 12.0. The average molecular weight is 268 g/mol. The van der Waals surface area contributed by atoms with Crippen molar-refractivity contribution < 1.29 is 4.79 Å². The van der Waals surface area contributed by atoms with Gasteiger partial charge < -0.3 is 5.32 Å². The molecule has 0 unspecified atom stereocenters. The Balaban J connectivity index is 1.91. The molecular weight excluding hydrogens is 260 g/mol. The lowest BCUT2D eigenvalue weighted by molar-refractivity contribution is 0.102. The number of amides is 1. The largest absolute Gasteiger partial charge is 0.320 e. The number of carbonyl (C=O) groups is 1. The maximum Gasteiger partial charge on any atom is 0.275 e. The summed E-state index contributed by atoms with van der Waals surface area (Å²) in [5, 5.41) is 12.6. The molecule has 6 heteroatoms. The van der Waals surface area contributed by atoms with E-state index in [1.807, 2.05) is 18.2 Å². The number of hydrogen-bond donors (Lipinski definition) is 2. The summed E-state index contributed by atoms with van der Waals surface area (Å²) in [7, 11) is 0. The number of carbonyl (C=O) groups excluding carboxylic acids is 1. The van der Waals surface area contributed by atoms with Crippen LogP contribution in [0.5, 0.6) is 0 Å². The van der Waals surface area contributed by atoms with E-state index in [9.17, 15) is 4.79 Å². The summed E-state index contributed by atoms with van der Waals surface area (Å²) in [6.45, 7) is 0. The zero-order chi connectivity index (χ0) is 13.2. The summed E-state index contributed by atoms with van der Waals surface area (Å²) in [5.41, 5.74) is 1.87. The third kappa shape index (κ3) is 2.07. The van der Waals surface area contributed by atoms with Crippen molar-refractivity contribution in [3.05, 3.63) is 40.5 Å². The first-order valence-electron chi connectivity index (χ1n) is 5.43. The molecule has 0 saturated carbocycles. The number of anilines is 1. The number of nitrogens with one attached hydrogen (secondary N) is 2. The summed E-state index contributed by atoms with van der Waals surface area (Å²) < 4.78 is 0. The normalized spacial score (nSPS) is 10.3. The van der Waals surface area contributed by atoms with E-state index in [1.165, 1.54) is 11.3 Å². The molecular formula is C13H8N4OS. The van der Waals surface area contributed by atoms with Crippen molar-refractivity contribution in [3.63, 3.8) is 0 Å². The van der Waals surface area contributed by atoms with Crippen LogP contribution in [0.15, 0.2) is 29.8 Å². The molecule has 0 aliphatic carbocycles. The van der Waals surface area contributed by atoms with E-state index in [0.717, 1.165) is 10.9 Å². The van der Waals surface area contributed by atoms with Crippen molar-refractivity contribution >= 4 is 33.8 Å². The highest BCUT2D eigenvalue weighted by Crippen LogP contribution is 2.21. The minimum Gasteiger partial charge on any atom is -0.320 e. The lowest BCUT2D eigenvalue weighted by Gasteiger charge is -2.03. The fraction of sp³-hybridized carbons (Fsp3) is 0. The van der Waals surface area contributed by atoms with Gasteiger partial charge in [0, 0.05) is 10.8 Å². The SMILES string of the molecule is C#Cc1nc(C(=O)Nc2cccc3[nH]ncc23)cs1. The van der Waals surface area contributed by atoms with Crippen LogP contribution in [0.2, 0.25) is 0 Å². The first-order valence-corrected chi connectivity index (χ1v) is 6.31. The summed E-state index contributed by atoms with van der Waals surface area (Å²) in [5.74, 6) is 2.12. The molecule has 0 aliphatic rings. The average Bonchev–Trinajstić information content (AvgIpc) is 3.08. The molecule has 0 aliphatic heterocycles. The molecule has 0 radical (unpaired) electrons. The number of nitrogens with zero attached hydrogens (tertiary/aromatic N) is 2. The fourth-order valence-electron chi connectivity index (χ4n) is 1.71. The highest BCUT2D eigenvalue weighted by molar-refractivity contribution is 7.10. The Hall–Kier alpha value is -2.65. The Labute approximate surface area is 112 Å². The Bertz CT molecular complexity index is 796. The van der Waals surface area contributed by atoms with E-state index < -0.39 is 0 Å². The Morgan fingerprint density at radius 2 is 2.37 bits per heavy atom. The van der Waals surface area contributed by atoms with Gasteiger partial charge in [0.15, 0.2) is 5.01 Å². The number of benzene rings is 1. The predicted octanol–water partition coefficient (Wildman–Crippen LogP) is 2.25. The molecule has 3 rings (SSSR count). The number of aromatic nitrogens is 3. The summed E-state index contributed by atoms with van der Waals surface area (Å²) in [6.07, 6.45) is 6.90. The van der Waals surface area contributed by atoms with Gasteiger partial charge in [0.25, 0.3) is 5.91 Å². The number of H-pyrrole nitrogens is 1. The number of hydrogen-bond acceptors (Lipinski definition) is 4. The van der Waals surface area contributed by atoms with Gasteiger partial charge in [0.05, 0.1) is 17.4 Å². The van der Waals surface area contributed by atoms with Gasteiger partial charge in [0.2, 0.25) is 0 Å². The first-order chi connectivity index (χ1) is 9.28. The molecule has 3 aromatic rings. The molecule has 19 heavy (non-hydrogen) atoms. The van der Waals surface area contributed by atoms with Crippen LogP contribution in [0, 0.1) is 12.3 Å². The van der Waals surface area contributed by atoms with Gasteiger partial charge in [-0.25, -0.2) is 4.98 Å². The highest BCUT2D eigenvalue weighted by atomic mass is 32.1. The van der Waals surface area contributed by atoms with Gasteiger partial charge in [-0.15, -0.1) is 17.8 Å². The number of rotatable bonds is 2. The Morgan fingerprint density at radius 1 is 1.47 bits per heavy atom. The minimum atomic E-state index is -0.286. The van der Waals surface area contributed by atoms with E-state index in [0.29, 0.717) is 16.4 Å². The molecule has 0 atom stereocenters. The standard InChI is InChI=1S/C13H8N4OS/c1-2-12-15-11(7-19-12)13(18)16-9-4-3-5-10-8(9)6-14-17-10/h1,3-7H,(H,14,17)(H,16,18). The smallest absolute Gasteiger partial charge is 0.275 e. The zero-order valence-electron chi connectivity index (χ0n) is 9.68. The van der Waals surface area contributed by atoms with Crippen LogP contribution < -0.4 is 5.32 Å². The molecule has 2 N–H and O–H groups in total. The van der Waals surface area contributed by atoms with Crippen molar-refractivity contribution in [1.29, 1.82) is 0 Å². The van der Waals surface area contributed by atoms with Crippen LogP contribution in [0.3, 0.4) is 0 Å². The third-order valence-electron chi connectivity index (χ3n) is 2.59. The van der Waals surface area contributed by atoms with Gasteiger partial charge in [-0.2, -0.15) is 5.10 Å². The second-order valence-electron chi connectivity index (χ2n) is 3.77. The predicted molar refractivity (Wildman–Crippen MR) is 74.1 cm³/mol. The first kappa shape index (κ1) is 11.4. The molecule has 0 saturated heterocycles. The minimum absolute atomic E-state index is 0.286. The summed E-state index contributed by atoms with van der Waals surface area (Å²) in [6, 6.07) is 5.53. The third-order valence-corrected chi connectivity index (χ3v) is 3.37. The molecule has 0 spiro atoms. The Morgan fingerprint density at radius 3 is 3.16 bits per heavy atom. The topological polar surface area (TPSA) is 70.7 Å². The van der Waals surface area contributed by atoms with E-state index in [-0.39, 0.29) is 5.91 Å². The van der Waals surface area contributed by atoms with Crippen LogP contribution in [0.25, 0.3) is 10.9 Å². The molecule has 0 fully saturated rings. The van der Waals surface area contributed by atoms with E-state index in [4.69, 9.17) is 6.42 Å². The van der Waals surface area contributed by atoms with Gasteiger partial charge in [-0.05, 0) is 18.1 Å². The van der Waals surface area contributed by atoms with Crippen LogP contribution in [-0.2, 0) is 0 Å². The van der Waals surface area contributed by atoms with Gasteiger partial charge in [-0.1, -0.05) is 6.07 Å². The lowest BCUT2D eigenvalue weighted by atomic mass is 10.2. The quantitative estimate of drug-likeness (QED) is 0.700. The molecule has 92 valence electrons. The molecule has 1 aromatic carbocycles. The summed E-state index contributed by atoms with van der Waals surface area (Å²) in [4.78, 5) is 16.1. The van der Waals surface area contributed by atoms with Gasteiger partial charge in [-0.3, -0.25) is 9.89 Å². The molecule has 0 bridgehead atoms. The van der Waals surface area contributed by atoms with Crippen LogP contribution in [0.1, 0.15) is 15.5 Å². The van der Waals surface area contributed by atoms with E-state index >= 15 is 0 Å². The number of aromatic amines is 1. The maximum absolute atomic E-state index is 12.0. The second-order valence-corrected chi connectivity index (χ2v) is 4.63. The van der Waals surface area contributed by atoms with Gasteiger partial charge in [0.1, 0.15) is 5.69 Å². The molecule has 5 nitrogen and oxygen atoms in total. The van der Waals surface area contributed by atoms with Crippen LogP contribution in [0.4, 0.5) is 5.69 Å². The fourth-order valence-corrected chi connectivity index (χ4v) is 2.31.